The van der Waals surface area contributed by atoms with E-state index in [0.29, 0.717) is 0 Å². The maximum Gasteiger partial charge on any atom is 0.126 e. The van der Waals surface area contributed by atoms with Crippen molar-refractivity contribution >= 4 is 0 Å². The highest BCUT2D eigenvalue weighted by Crippen LogP contribution is 2.05. The van der Waals surface area contributed by atoms with E-state index in [2.05, 4.69) is 13.8 Å². The molecule has 0 nitrogen and oxygen atoms in total. The normalized spacial score (nSPS) is 7.86. The lowest BCUT2D eigenvalue weighted by Gasteiger charge is -1.94. The molecule has 0 N–H and O–H groups in total. The zero-order chi connectivity index (χ0) is 11.4. The average molecular weight is 198 g/mol. The lowest BCUT2D eigenvalue weighted by atomic mass is 10.2. The van der Waals surface area contributed by atoms with E-state index >= 15 is 0 Å². The summed E-state index contributed by atoms with van der Waals surface area (Å²) in [6.45, 7) is 10.2. The van der Waals surface area contributed by atoms with E-state index in [9.17, 15) is 4.39 Å². The van der Waals surface area contributed by atoms with Crippen LogP contribution in [-0.2, 0) is 6.42 Å². The van der Waals surface area contributed by atoms with Crippen molar-refractivity contribution in [3.05, 3.63) is 35.6 Å². The van der Waals surface area contributed by atoms with Gasteiger partial charge in [-0.2, -0.15) is 0 Å². The number of halogens is 1. The number of hydrogen-bond acceptors (Lipinski definition) is 0. The monoisotopic (exact) mass is 198 g/mol. The first-order valence-corrected chi connectivity index (χ1v) is 5.49. The van der Waals surface area contributed by atoms with E-state index in [1.165, 1.54) is 12.5 Å². The van der Waals surface area contributed by atoms with E-state index in [1.54, 1.807) is 12.1 Å². The van der Waals surface area contributed by atoms with Crippen LogP contribution in [0.4, 0.5) is 4.39 Å². The zero-order valence-electron chi connectivity index (χ0n) is 10.1. The Morgan fingerprint density at radius 2 is 1.43 bits per heavy atom. The molecular formula is C13H23F. The molecule has 0 bridgehead atoms. The Balaban J connectivity index is 0. The first-order chi connectivity index (χ1) is 6.76. The summed E-state index contributed by atoms with van der Waals surface area (Å²) >= 11 is 0. The fourth-order valence-corrected chi connectivity index (χ4v) is 0.785. The van der Waals surface area contributed by atoms with Gasteiger partial charge in [-0.05, 0) is 18.1 Å². The van der Waals surface area contributed by atoms with Crippen molar-refractivity contribution in [2.75, 3.05) is 0 Å². The molecule has 14 heavy (non-hydrogen) atoms. The Morgan fingerprint density at radius 1 is 1.00 bits per heavy atom. The second-order valence-corrected chi connectivity index (χ2v) is 2.65. The zero-order valence-corrected chi connectivity index (χ0v) is 10.1. The highest BCUT2D eigenvalue weighted by Gasteiger charge is 1.93. The lowest BCUT2D eigenvalue weighted by Crippen LogP contribution is -1.83. The second kappa shape index (κ2) is 12.2. The van der Waals surface area contributed by atoms with Gasteiger partial charge in [0.05, 0.1) is 0 Å². The van der Waals surface area contributed by atoms with Crippen molar-refractivity contribution in [1.29, 1.82) is 0 Å². The summed E-state index contributed by atoms with van der Waals surface area (Å²) in [7, 11) is 0. The highest BCUT2D eigenvalue weighted by atomic mass is 19.1. The largest absolute Gasteiger partial charge is 0.207 e. The summed E-state index contributed by atoms with van der Waals surface area (Å²) in [5.74, 6) is -0.0972. The summed E-state index contributed by atoms with van der Waals surface area (Å²) in [5.41, 5.74) is 0.789. The van der Waals surface area contributed by atoms with E-state index in [4.69, 9.17) is 0 Å². The average Bonchev–Trinajstić information content (AvgIpc) is 2.23. The first-order valence-electron chi connectivity index (χ1n) is 5.49. The quantitative estimate of drug-likeness (QED) is 0.606. The molecule has 1 aromatic rings. The van der Waals surface area contributed by atoms with Crippen LogP contribution in [-0.4, -0.2) is 0 Å². The van der Waals surface area contributed by atoms with Crippen molar-refractivity contribution in [2.45, 2.75) is 47.5 Å². The van der Waals surface area contributed by atoms with Gasteiger partial charge in [0.1, 0.15) is 5.82 Å². The van der Waals surface area contributed by atoms with Crippen LogP contribution >= 0.6 is 0 Å². The fourth-order valence-electron chi connectivity index (χ4n) is 0.785. The van der Waals surface area contributed by atoms with Gasteiger partial charge in [0, 0.05) is 0 Å². The van der Waals surface area contributed by atoms with Gasteiger partial charge in [0.2, 0.25) is 0 Å². The minimum absolute atomic E-state index is 0.0972. The molecular weight excluding hydrogens is 175 g/mol. The van der Waals surface area contributed by atoms with Crippen LogP contribution in [0.3, 0.4) is 0 Å². The summed E-state index contributed by atoms with van der Waals surface area (Å²) in [5, 5.41) is 0. The van der Waals surface area contributed by atoms with Gasteiger partial charge < -0.3 is 0 Å². The van der Waals surface area contributed by atoms with Gasteiger partial charge in [0.15, 0.2) is 0 Å². The molecule has 0 spiro atoms. The van der Waals surface area contributed by atoms with Crippen molar-refractivity contribution in [2.24, 2.45) is 0 Å². The van der Waals surface area contributed by atoms with Crippen LogP contribution in [0.15, 0.2) is 24.3 Å². The number of hydrogen-bond donors (Lipinski definition) is 0. The van der Waals surface area contributed by atoms with Crippen LogP contribution in [0.2, 0.25) is 0 Å². The molecule has 0 atom stereocenters. The molecule has 0 aliphatic carbocycles. The van der Waals surface area contributed by atoms with Crippen molar-refractivity contribution in [3.63, 3.8) is 0 Å². The Hall–Kier alpha value is -0.850. The Kier molecular flexibility index (Phi) is 13.6. The molecule has 0 radical (unpaired) electrons. The van der Waals surface area contributed by atoms with Crippen molar-refractivity contribution < 1.29 is 4.39 Å². The lowest BCUT2D eigenvalue weighted by molar-refractivity contribution is 0.612. The topological polar surface area (TPSA) is 0 Å². The molecule has 1 rings (SSSR count). The predicted octanol–water partition coefficient (Wildman–Crippen LogP) is 4.83. The molecule has 0 amide bonds. The molecule has 0 unspecified atom stereocenters. The molecule has 0 aromatic heterocycles. The van der Waals surface area contributed by atoms with E-state index in [0.717, 1.165) is 12.0 Å². The first kappa shape index (κ1) is 15.6. The standard InChI is InChI=1S/C8H9F.C3H8.C2H6/c1-2-7-5-3-4-6-8(7)9;1-3-2;1-2/h3-6H,2H2,1H3;3H2,1-2H3;1-2H3. The summed E-state index contributed by atoms with van der Waals surface area (Å²) < 4.78 is 12.6. The van der Waals surface area contributed by atoms with E-state index in [1.807, 2.05) is 26.8 Å². The van der Waals surface area contributed by atoms with Gasteiger partial charge in [-0.25, -0.2) is 4.39 Å². The van der Waals surface area contributed by atoms with Crippen molar-refractivity contribution in [1.82, 2.24) is 0 Å². The Morgan fingerprint density at radius 3 is 1.71 bits per heavy atom. The minimum Gasteiger partial charge on any atom is -0.207 e. The third-order valence-corrected chi connectivity index (χ3v) is 1.34. The highest BCUT2D eigenvalue weighted by molar-refractivity contribution is 5.16. The molecule has 0 aliphatic heterocycles. The second-order valence-electron chi connectivity index (χ2n) is 2.65. The smallest absolute Gasteiger partial charge is 0.126 e. The van der Waals surface area contributed by atoms with Gasteiger partial charge in [-0.1, -0.05) is 59.2 Å². The van der Waals surface area contributed by atoms with E-state index in [-0.39, 0.29) is 5.82 Å². The third-order valence-electron chi connectivity index (χ3n) is 1.34. The van der Waals surface area contributed by atoms with Crippen molar-refractivity contribution in [3.8, 4) is 0 Å². The number of benzene rings is 1. The molecule has 1 heteroatoms. The maximum absolute atomic E-state index is 12.6. The summed E-state index contributed by atoms with van der Waals surface area (Å²) in [4.78, 5) is 0. The molecule has 0 aliphatic rings. The summed E-state index contributed by atoms with van der Waals surface area (Å²) in [6.07, 6.45) is 2.02. The number of aryl methyl sites for hydroxylation is 1. The van der Waals surface area contributed by atoms with Gasteiger partial charge >= 0.3 is 0 Å². The molecule has 0 fully saturated rings. The maximum atomic E-state index is 12.6. The van der Waals surface area contributed by atoms with Crippen LogP contribution < -0.4 is 0 Å². The Bertz CT molecular complexity index is 206. The van der Waals surface area contributed by atoms with E-state index < -0.39 is 0 Å². The minimum atomic E-state index is -0.0972. The van der Waals surface area contributed by atoms with Crippen LogP contribution in [0, 0.1) is 5.82 Å². The van der Waals surface area contributed by atoms with Gasteiger partial charge in [-0.3, -0.25) is 0 Å². The van der Waals surface area contributed by atoms with Crippen LogP contribution in [0.25, 0.3) is 0 Å². The molecule has 0 saturated carbocycles. The van der Waals surface area contributed by atoms with Gasteiger partial charge in [0.25, 0.3) is 0 Å². The van der Waals surface area contributed by atoms with Crippen LogP contribution in [0.5, 0.6) is 0 Å². The summed E-state index contributed by atoms with van der Waals surface area (Å²) in [6, 6.07) is 6.84. The predicted molar refractivity (Wildman–Crippen MR) is 63.1 cm³/mol. The SMILES string of the molecule is CC.CCC.CCc1ccccc1F. The molecule has 0 saturated heterocycles. The Labute approximate surface area is 88.2 Å². The molecule has 0 heterocycles. The third kappa shape index (κ3) is 7.78. The molecule has 82 valence electrons. The molecule has 1 aromatic carbocycles. The van der Waals surface area contributed by atoms with Crippen LogP contribution in [0.1, 0.15) is 46.6 Å². The van der Waals surface area contributed by atoms with Gasteiger partial charge in [-0.15, -0.1) is 0 Å². The fraction of sp³-hybridized carbons (Fsp3) is 0.538. The number of rotatable bonds is 1.